The van der Waals surface area contributed by atoms with Crippen molar-refractivity contribution in [3.8, 4) is 0 Å². The molecular formula is C7H9Br2Cl3O2. The molecule has 0 aliphatic carbocycles. The fourth-order valence-electron chi connectivity index (χ4n) is 0.109. The number of rotatable bonds is 2. The summed E-state index contributed by atoms with van der Waals surface area (Å²) in [5, 5.41) is 0.697. The lowest BCUT2D eigenvalue weighted by molar-refractivity contribution is -0.116. The van der Waals surface area contributed by atoms with Crippen molar-refractivity contribution in [2.45, 2.75) is 22.5 Å². The van der Waals surface area contributed by atoms with E-state index < -0.39 is 9.58 Å². The largest absolute Gasteiger partial charge is 0.299 e. The molecule has 84 valence electrons. The Morgan fingerprint density at radius 2 is 1.57 bits per heavy atom. The molecule has 2 nitrogen and oxygen atoms in total. The minimum atomic E-state index is -1.72. The van der Waals surface area contributed by atoms with Gasteiger partial charge in [0.15, 0.2) is 5.78 Å². The number of hydrogen-bond donors (Lipinski definition) is 0. The molecule has 0 aliphatic heterocycles. The monoisotopic (exact) mass is 388 g/mol. The van der Waals surface area contributed by atoms with E-state index >= 15 is 0 Å². The normalized spacial score (nSPS) is 12.5. The van der Waals surface area contributed by atoms with Gasteiger partial charge in [-0.3, -0.25) is 9.59 Å². The third kappa shape index (κ3) is 11.2. The molecule has 0 saturated carbocycles. The fourth-order valence-corrected chi connectivity index (χ4v) is 0.565. The zero-order chi connectivity index (χ0) is 11.9. The molecule has 1 unspecified atom stereocenters. The minimum Gasteiger partial charge on any atom is -0.299 e. The van der Waals surface area contributed by atoms with E-state index in [4.69, 9.17) is 34.8 Å². The number of hydrogen-bond acceptors (Lipinski definition) is 2. The molecule has 7 heteroatoms. The third-order valence-electron chi connectivity index (χ3n) is 0.976. The third-order valence-corrected chi connectivity index (χ3v) is 4.26. The van der Waals surface area contributed by atoms with E-state index in [1.165, 1.54) is 6.92 Å². The molecule has 0 aliphatic rings. The molecular weight excluding hydrogens is 382 g/mol. The Morgan fingerprint density at radius 3 is 1.57 bits per heavy atom. The second kappa shape index (κ2) is 8.34. The van der Waals surface area contributed by atoms with E-state index in [1.807, 2.05) is 0 Å². The van der Waals surface area contributed by atoms with Crippen molar-refractivity contribution >= 4 is 78.2 Å². The molecule has 0 saturated heterocycles. The number of carbonyl (C=O) groups excluding carboxylic acids is 2. The molecule has 14 heavy (non-hydrogen) atoms. The lowest BCUT2D eigenvalue weighted by atomic mass is 10.4. The van der Waals surface area contributed by atoms with E-state index in [0.717, 1.165) is 0 Å². The Labute approximate surface area is 115 Å². The molecule has 0 radical (unpaired) electrons. The highest BCUT2D eigenvalue weighted by molar-refractivity contribution is 9.12. The summed E-state index contributed by atoms with van der Waals surface area (Å²) in [5.74, 6) is -0.297. The Morgan fingerprint density at radius 1 is 1.29 bits per heavy atom. The average molecular weight is 391 g/mol. The van der Waals surface area contributed by atoms with Crippen molar-refractivity contribution in [2.24, 2.45) is 0 Å². The zero-order valence-electron chi connectivity index (χ0n) is 7.49. The highest BCUT2D eigenvalue weighted by Gasteiger charge is 2.25. The molecule has 0 fully saturated rings. The van der Waals surface area contributed by atoms with E-state index in [-0.39, 0.29) is 10.6 Å². The topological polar surface area (TPSA) is 34.1 Å². The molecule has 0 bridgehead atoms. The molecule has 0 aromatic rings. The maximum Gasteiger partial charge on any atom is 0.248 e. The van der Waals surface area contributed by atoms with Gasteiger partial charge in [-0.2, -0.15) is 0 Å². The summed E-state index contributed by atoms with van der Waals surface area (Å²) in [5.41, 5.74) is 0. The van der Waals surface area contributed by atoms with E-state index in [0.29, 0.717) is 5.33 Å². The average Bonchev–Trinajstić information content (AvgIpc) is 2.02. The lowest BCUT2D eigenvalue weighted by Crippen LogP contribution is -2.13. The van der Waals surface area contributed by atoms with Crippen LogP contribution in [0.3, 0.4) is 0 Å². The van der Waals surface area contributed by atoms with Crippen LogP contribution in [0.1, 0.15) is 13.8 Å². The minimum absolute atomic E-state index is 0.00694. The molecule has 0 N–H and O–H groups in total. The second-order valence-electron chi connectivity index (χ2n) is 2.29. The quantitative estimate of drug-likeness (QED) is 0.673. The first-order valence-electron chi connectivity index (χ1n) is 3.41. The van der Waals surface area contributed by atoms with Crippen LogP contribution in [0.15, 0.2) is 0 Å². The van der Waals surface area contributed by atoms with Gasteiger partial charge < -0.3 is 0 Å². The summed E-state index contributed by atoms with van der Waals surface area (Å²) in [7, 11) is 0. The van der Waals surface area contributed by atoms with Crippen molar-refractivity contribution in [1.29, 1.82) is 0 Å². The van der Waals surface area contributed by atoms with Crippen LogP contribution in [0.2, 0.25) is 0 Å². The van der Waals surface area contributed by atoms with Crippen LogP contribution in [0.5, 0.6) is 0 Å². The van der Waals surface area contributed by atoms with Crippen molar-refractivity contribution in [3.63, 3.8) is 0 Å². The maximum atomic E-state index is 10.3. The predicted molar refractivity (Wildman–Crippen MR) is 68.2 cm³/mol. The lowest BCUT2D eigenvalue weighted by Gasteiger charge is -2.01. The first-order chi connectivity index (χ1) is 6.12. The van der Waals surface area contributed by atoms with E-state index in [9.17, 15) is 9.59 Å². The van der Waals surface area contributed by atoms with Gasteiger partial charge in [-0.05, 0) is 13.8 Å². The summed E-state index contributed by atoms with van der Waals surface area (Å²) >= 11 is 21.4. The van der Waals surface area contributed by atoms with Gasteiger partial charge >= 0.3 is 0 Å². The zero-order valence-corrected chi connectivity index (χ0v) is 12.9. The Hall–Kier alpha value is 1.17. The molecule has 0 heterocycles. The second-order valence-corrected chi connectivity index (χ2v) is 6.32. The van der Waals surface area contributed by atoms with Gasteiger partial charge in [-0.15, -0.1) is 0 Å². The number of Topliss-reactive ketones (excluding diaryl/α,β-unsaturated/α-hetero) is 2. The summed E-state index contributed by atoms with van der Waals surface area (Å²) in [6.45, 7) is 2.77. The predicted octanol–water partition coefficient (Wildman–Crippen LogP) is 3.68. The first kappa shape index (κ1) is 17.6. The van der Waals surface area contributed by atoms with E-state index in [2.05, 4.69) is 31.9 Å². The Kier molecular flexibility index (Phi) is 10.5. The van der Waals surface area contributed by atoms with Gasteiger partial charge in [0, 0.05) is 5.33 Å². The molecule has 0 spiro atoms. The van der Waals surface area contributed by atoms with Crippen molar-refractivity contribution in [1.82, 2.24) is 0 Å². The fraction of sp³-hybridized carbons (Fsp3) is 0.714. The number of ketones is 2. The standard InChI is InChI=1S/C4H6Br2O.C3H3Cl3O/c1-3(7)4(6)2-5;1-2(7)3(4,5)6/h4H,2H2,1H3;1H3. The molecule has 0 aromatic heterocycles. The number of alkyl halides is 5. The molecule has 0 aromatic carbocycles. The van der Waals surface area contributed by atoms with Crippen molar-refractivity contribution in [3.05, 3.63) is 0 Å². The summed E-state index contributed by atoms with van der Waals surface area (Å²) in [6.07, 6.45) is 0. The van der Waals surface area contributed by atoms with Crippen LogP contribution < -0.4 is 0 Å². The van der Waals surface area contributed by atoms with Gasteiger partial charge in [0.1, 0.15) is 5.78 Å². The van der Waals surface area contributed by atoms with Gasteiger partial charge in [0.05, 0.1) is 4.83 Å². The van der Waals surface area contributed by atoms with E-state index in [1.54, 1.807) is 6.92 Å². The summed E-state index contributed by atoms with van der Waals surface area (Å²) in [4.78, 5) is 20.4. The van der Waals surface area contributed by atoms with Gasteiger partial charge in [-0.1, -0.05) is 66.7 Å². The van der Waals surface area contributed by atoms with Crippen LogP contribution in [-0.4, -0.2) is 25.5 Å². The smallest absolute Gasteiger partial charge is 0.248 e. The van der Waals surface area contributed by atoms with Gasteiger partial charge in [0.25, 0.3) is 0 Å². The highest BCUT2D eigenvalue weighted by atomic mass is 79.9. The van der Waals surface area contributed by atoms with Gasteiger partial charge in [0.2, 0.25) is 3.79 Å². The van der Waals surface area contributed by atoms with Crippen LogP contribution in [0.4, 0.5) is 0 Å². The summed E-state index contributed by atoms with van der Waals surface area (Å²) < 4.78 is -1.72. The molecule has 1 atom stereocenters. The molecule has 0 amide bonds. The van der Waals surface area contributed by atoms with Crippen LogP contribution in [0, 0.1) is 0 Å². The summed E-state index contributed by atoms with van der Waals surface area (Å²) in [6, 6.07) is 0. The van der Waals surface area contributed by atoms with Crippen LogP contribution >= 0.6 is 66.7 Å². The Balaban J connectivity index is 0. The number of halogens is 5. The van der Waals surface area contributed by atoms with Gasteiger partial charge in [-0.25, -0.2) is 0 Å². The molecule has 0 rings (SSSR count). The van der Waals surface area contributed by atoms with Crippen LogP contribution in [-0.2, 0) is 9.59 Å². The number of carbonyl (C=O) groups is 2. The Bertz CT molecular complexity index is 204. The maximum absolute atomic E-state index is 10.3. The van der Waals surface area contributed by atoms with Crippen molar-refractivity contribution in [2.75, 3.05) is 5.33 Å². The SMILES string of the molecule is CC(=O)C(Br)CBr.CC(=O)C(Cl)(Cl)Cl. The van der Waals surface area contributed by atoms with Crippen LogP contribution in [0.25, 0.3) is 0 Å². The van der Waals surface area contributed by atoms with Crippen molar-refractivity contribution < 1.29 is 9.59 Å². The highest BCUT2D eigenvalue weighted by Crippen LogP contribution is 2.26. The first-order valence-corrected chi connectivity index (χ1v) is 6.58.